The van der Waals surface area contributed by atoms with Gasteiger partial charge >= 0.3 is 0 Å². The number of hydrogen-bond acceptors (Lipinski definition) is 2. The third-order valence-electron chi connectivity index (χ3n) is 13.8. The Morgan fingerprint density at radius 3 is 1.04 bits per heavy atom. The van der Waals surface area contributed by atoms with Gasteiger partial charge in [-0.05, 0) is 116 Å². The number of nitrogens with zero attached hydrogens (tertiary/aromatic N) is 2. The molecule has 1 saturated carbocycles. The van der Waals surface area contributed by atoms with Crippen LogP contribution in [0.25, 0.3) is 32.7 Å². The van der Waals surface area contributed by atoms with Gasteiger partial charge in [-0.2, -0.15) is 0 Å². The Bertz CT molecular complexity index is 3080. The topological polar surface area (TPSA) is 6.48 Å². The summed E-state index contributed by atoms with van der Waals surface area (Å²) in [6.07, 6.45) is 9.32. The molecule has 0 bridgehead atoms. The highest BCUT2D eigenvalue weighted by Gasteiger charge is 2.37. The molecule has 67 heavy (non-hydrogen) atoms. The van der Waals surface area contributed by atoms with Crippen molar-refractivity contribution in [2.45, 2.75) is 31.1 Å². The summed E-state index contributed by atoms with van der Waals surface area (Å²) in [5, 5.41) is 4.94. The molecule has 1 fully saturated rings. The maximum absolute atomic E-state index is 2.40. The van der Waals surface area contributed by atoms with Crippen LogP contribution in [0.3, 0.4) is 0 Å². The normalized spacial score (nSPS) is 13.7. The molecule has 0 unspecified atom stereocenters. The van der Waals surface area contributed by atoms with Crippen molar-refractivity contribution in [2.24, 2.45) is 0 Å². The molecule has 0 atom stereocenters. The van der Waals surface area contributed by atoms with Crippen LogP contribution in [0.15, 0.2) is 267 Å². The summed E-state index contributed by atoms with van der Waals surface area (Å²) >= 11 is 0. The monoisotopic (exact) mass is 860 g/mol. The average molecular weight is 861 g/mol. The number of benzene rings is 10. The van der Waals surface area contributed by atoms with Gasteiger partial charge in [0.05, 0.1) is 0 Å². The number of anilines is 4. The second kappa shape index (κ2) is 18.7. The highest BCUT2D eigenvalue weighted by molar-refractivity contribution is 6.00. The Labute approximate surface area is 395 Å². The molecule has 11 rings (SSSR count). The van der Waals surface area contributed by atoms with Crippen molar-refractivity contribution in [3.8, 4) is 0 Å². The predicted octanol–water partition coefficient (Wildman–Crippen LogP) is 17.3. The Morgan fingerprint density at radius 1 is 0.313 bits per heavy atom. The standard InChI is InChI=1S/C65H52N2/c1-5-21-51(22-6-1)63(61-35-19-27-49-25-13-15-33-59(49)61)47-66(55-29-9-3-10-30-55)57-41-37-53(38-42-57)65(45-17-18-46-65)54-39-43-58(44-40-54)67(56-31-11-4-12-32-56)48-64(52-23-7-2-8-24-52)62-36-20-28-50-26-14-16-34-60(50)62/h1-16,19-44,47-48H,17-18,45-46H2/b63-47-,64-48-. The van der Waals surface area contributed by atoms with E-state index < -0.39 is 0 Å². The van der Waals surface area contributed by atoms with Crippen LogP contribution in [0.4, 0.5) is 22.7 Å². The van der Waals surface area contributed by atoms with Crippen molar-refractivity contribution in [2.75, 3.05) is 9.80 Å². The van der Waals surface area contributed by atoms with Gasteiger partial charge in [0, 0.05) is 51.7 Å². The second-order valence-electron chi connectivity index (χ2n) is 17.7. The number of para-hydroxylation sites is 2. The first-order valence-corrected chi connectivity index (χ1v) is 23.6. The lowest BCUT2D eigenvalue weighted by Crippen LogP contribution is -2.24. The Kier molecular flexibility index (Phi) is 11.6. The molecule has 1 aliphatic rings. The van der Waals surface area contributed by atoms with Gasteiger partial charge in [0.2, 0.25) is 0 Å². The van der Waals surface area contributed by atoms with Gasteiger partial charge in [0.25, 0.3) is 0 Å². The van der Waals surface area contributed by atoms with E-state index in [0.717, 1.165) is 35.6 Å². The van der Waals surface area contributed by atoms with E-state index in [2.05, 4.69) is 277 Å². The van der Waals surface area contributed by atoms with Crippen LogP contribution in [0.1, 0.15) is 59.1 Å². The molecule has 10 aromatic rings. The lowest BCUT2D eigenvalue weighted by Gasteiger charge is -2.32. The van der Waals surface area contributed by atoms with Crippen LogP contribution in [0, 0.1) is 0 Å². The molecule has 0 amide bonds. The van der Waals surface area contributed by atoms with Crippen LogP contribution in [0.2, 0.25) is 0 Å². The van der Waals surface area contributed by atoms with Crippen molar-refractivity contribution in [3.63, 3.8) is 0 Å². The van der Waals surface area contributed by atoms with Gasteiger partial charge in [-0.3, -0.25) is 0 Å². The third-order valence-corrected chi connectivity index (χ3v) is 13.8. The summed E-state index contributed by atoms with van der Waals surface area (Å²) in [6.45, 7) is 0. The average Bonchev–Trinajstić information content (AvgIpc) is 3.92. The van der Waals surface area contributed by atoms with Crippen molar-refractivity contribution in [3.05, 3.63) is 301 Å². The third kappa shape index (κ3) is 8.35. The molecule has 0 radical (unpaired) electrons. The molecule has 10 aromatic carbocycles. The smallest absolute Gasteiger partial charge is 0.0455 e. The van der Waals surface area contributed by atoms with Gasteiger partial charge in [0.15, 0.2) is 0 Å². The van der Waals surface area contributed by atoms with Gasteiger partial charge in [-0.15, -0.1) is 0 Å². The van der Waals surface area contributed by atoms with Crippen molar-refractivity contribution < 1.29 is 0 Å². The maximum Gasteiger partial charge on any atom is 0.0455 e. The maximum atomic E-state index is 2.40. The Hall–Kier alpha value is -8.20. The summed E-state index contributed by atoms with van der Waals surface area (Å²) in [5.74, 6) is 0. The fourth-order valence-electron chi connectivity index (χ4n) is 10.4. The fourth-order valence-corrected chi connectivity index (χ4v) is 10.4. The zero-order chi connectivity index (χ0) is 44.8. The van der Waals surface area contributed by atoms with E-state index >= 15 is 0 Å². The van der Waals surface area contributed by atoms with Crippen LogP contribution >= 0.6 is 0 Å². The van der Waals surface area contributed by atoms with E-state index in [4.69, 9.17) is 0 Å². The second-order valence-corrected chi connectivity index (χ2v) is 17.7. The van der Waals surface area contributed by atoms with E-state index in [1.807, 2.05) is 0 Å². The number of fused-ring (bicyclic) bond motifs is 2. The molecule has 1 aliphatic carbocycles. The van der Waals surface area contributed by atoms with Crippen LogP contribution in [-0.4, -0.2) is 0 Å². The minimum Gasteiger partial charge on any atom is -0.317 e. The van der Waals surface area contributed by atoms with Crippen molar-refractivity contribution >= 4 is 55.4 Å². The molecule has 0 N–H and O–H groups in total. The van der Waals surface area contributed by atoms with Crippen LogP contribution in [0.5, 0.6) is 0 Å². The SMILES string of the molecule is C(=C(\c1ccccc1)c1cccc2ccccc12)/N(c1ccccc1)c1ccc(C2(c3ccc(N(/C=C(/c4ccccc4)c4cccc5ccccc45)c4ccccc4)cc3)CCCC2)cc1. The van der Waals surface area contributed by atoms with Gasteiger partial charge < -0.3 is 9.80 Å². The van der Waals surface area contributed by atoms with Crippen LogP contribution in [-0.2, 0) is 5.41 Å². The molecule has 0 heterocycles. The highest BCUT2D eigenvalue weighted by atomic mass is 15.1. The van der Waals surface area contributed by atoms with Gasteiger partial charge in [-0.1, -0.05) is 219 Å². The largest absolute Gasteiger partial charge is 0.317 e. The molecule has 0 spiro atoms. The van der Waals surface area contributed by atoms with E-state index in [1.165, 1.54) is 78.9 Å². The number of hydrogen-bond donors (Lipinski definition) is 0. The Balaban J connectivity index is 0.982. The molecule has 2 nitrogen and oxygen atoms in total. The zero-order valence-corrected chi connectivity index (χ0v) is 37.6. The number of rotatable bonds is 12. The predicted molar refractivity (Wildman–Crippen MR) is 284 cm³/mol. The molecular weight excluding hydrogens is 809 g/mol. The van der Waals surface area contributed by atoms with Crippen molar-refractivity contribution in [1.82, 2.24) is 0 Å². The molecule has 2 heteroatoms. The molecule has 0 aromatic heterocycles. The fraction of sp³-hybridized carbons (Fsp3) is 0.0769. The lowest BCUT2D eigenvalue weighted by atomic mass is 9.73. The Morgan fingerprint density at radius 2 is 0.642 bits per heavy atom. The van der Waals surface area contributed by atoms with E-state index in [0.29, 0.717) is 0 Å². The minimum atomic E-state index is -0.0752. The van der Waals surface area contributed by atoms with E-state index in [1.54, 1.807) is 0 Å². The summed E-state index contributed by atoms with van der Waals surface area (Å²) in [4.78, 5) is 4.72. The summed E-state index contributed by atoms with van der Waals surface area (Å²) < 4.78 is 0. The quantitative estimate of drug-likeness (QED) is 0.121. The first-order chi connectivity index (χ1) is 33.2. The molecule has 0 aliphatic heterocycles. The molecular formula is C65H52N2. The van der Waals surface area contributed by atoms with E-state index in [-0.39, 0.29) is 5.41 Å². The lowest BCUT2D eigenvalue weighted by molar-refractivity contribution is 0.535. The minimum absolute atomic E-state index is 0.0752. The highest BCUT2D eigenvalue weighted by Crippen LogP contribution is 2.48. The molecule has 322 valence electrons. The summed E-state index contributed by atoms with van der Waals surface area (Å²) in [7, 11) is 0. The zero-order valence-electron chi connectivity index (χ0n) is 37.6. The first kappa shape index (κ1) is 41.5. The van der Waals surface area contributed by atoms with Crippen LogP contribution < -0.4 is 9.80 Å². The molecule has 0 saturated heterocycles. The van der Waals surface area contributed by atoms with E-state index in [9.17, 15) is 0 Å². The summed E-state index contributed by atoms with van der Waals surface area (Å²) in [6, 6.07) is 92.7. The van der Waals surface area contributed by atoms with Gasteiger partial charge in [0.1, 0.15) is 0 Å². The van der Waals surface area contributed by atoms with Gasteiger partial charge in [-0.25, -0.2) is 0 Å². The summed E-state index contributed by atoms with van der Waals surface area (Å²) in [5.41, 5.74) is 14.3. The van der Waals surface area contributed by atoms with Crippen molar-refractivity contribution in [1.29, 1.82) is 0 Å². The first-order valence-electron chi connectivity index (χ1n) is 23.6.